The predicted molar refractivity (Wildman–Crippen MR) is 89.8 cm³/mol. The third kappa shape index (κ3) is 5.43. The third-order valence-corrected chi connectivity index (χ3v) is 4.64. The number of hydrogen-bond donors (Lipinski definition) is 2. The Morgan fingerprint density at radius 3 is 2.68 bits per heavy atom. The summed E-state index contributed by atoms with van der Waals surface area (Å²) >= 11 is 0. The van der Waals surface area contributed by atoms with Crippen molar-refractivity contribution in [2.75, 3.05) is 13.1 Å². The average Bonchev–Trinajstić information content (AvgIpc) is 2.47. The van der Waals surface area contributed by atoms with E-state index in [-0.39, 0.29) is 42.2 Å². The van der Waals surface area contributed by atoms with Gasteiger partial charge in [-0.15, -0.1) is 12.4 Å². The third-order valence-electron chi connectivity index (χ3n) is 4.64. The monoisotopic (exact) mass is 331 g/mol. The first kappa shape index (κ1) is 19.2. The molecule has 22 heavy (non-hydrogen) atoms. The van der Waals surface area contributed by atoms with Gasteiger partial charge in [0.2, 0.25) is 11.8 Å². The van der Waals surface area contributed by atoms with Gasteiger partial charge in [-0.3, -0.25) is 9.59 Å². The molecule has 2 aliphatic rings. The van der Waals surface area contributed by atoms with Gasteiger partial charge in [0.05, 0.1) is 0 Å². The van der Waals surface area contributed by atoms with Crippen LogP contribution in [0.1, 0.15) is 58.3 Å². The first-order valence-electron chi connectivity index (χ1n) is 8.44. The number of rotatable bonds is 4. The van der Waals surface area contributed by atoms with Crippen LogP contribution in [-0.2, 0) is 9.59 Å². The molecular weight excluding hydrogens is 302 g/mol. The van der Waals surface area contributed by atoms with Gasteiger partial charge in [-0.2, -0.15) is 0 Å². The molecule has 0 aromatic heterocycles. The van der Waals surface area contributed by atoms with E-state index in [9.17, 15) is 9.59 Å². The van der Waals surface area contributed by atoms with Gasteiger partial charge in [-0.1, -0.05) is 13.3 Å². The van der Waals surface area contributed by atoms with Gasteiger partial charge in [-0.25, -0.2) is 0 Å². The molecule has 3 unspecified atom stereocenters. The molecule has 2 rings (SSSR count). The Labute approximate surface area is 139 Å². The Hall–Kier alpha value is -0.810. The number of halogens is 1. The number of carbonyl (C=O) groups is 2. The maximum absolute atomic E-state index is 12.6. The molecule has 128 valence electrons. The van der Waals surface area contributed by atoms with Crippen molar-refractivity contribution in [1.82, 2.24) is 10.2 Å². The van der Waals surface area contributed by atoms with Crippen LogP contribution in [0.2, 0.25) is 0 Å². The lowest BCUT2D eigenvalue weighted by Gasteiger charge is -2.37. The zero-order valence-electron chi connectivity index (χ0n) is 13.6. The number of likely N-dealkylation sites (tertiary alicyclic amines) is 1. The second kappa shape index (κ2) is 9.36. The fraction of sp³-hybridized carbons (Fsp3) is 0.875. The van der Waals surface area contributed by atoms with Crippen LogP contribution in [0.4, 0.5) is 0 Å². The van der Waals surface area contributed by atoms with Gasteiger partial charge in [0.1, 0.15) is 0 Å². The van der Waals surface area contributed by atoms with Crippen LogP contribution in [0.25, 0.3) is 0 Å². The van der Waals surface area contributed by atoms with Crippen molar-refractivity contribution in [3.05, 3.63) is 0 Å². The maximum Gasteiger partial charge on any atom is 0.225 e. The van der Waals surface area contributed by atoms with Gasteiger partial charge in [0.25, 0.3) is 0 Å². The molecule has 3 N–H and O–H groups in total. The van der Waals surface area contributed by atoms with Gasteiger partial charge >= 0.3 is 0 Å². The lowest BCUT2D eigenvalue weighted by atomic mass is 9.85. The lowest BCUT2D eigenvalue weighted by Crippen LogP contribution is -2.51. The van der Waals surface area contributed by atoms with Gasteiger partial charge < -0.3 is 16.0 Å². The summed E-state index contributed by atoms with van der Waals surface area (Å²) in [5.41, 5.74) is 5.99. The normalized spacial score (nSPS) is 28.6. The molecule has 6 heteroatoms. The average molecular weight is 332 g/mol. The smallest absolute Gasteiger partial charge is 0.225 e. The summed E-state index contributed by atoms with van der Waals surface area (Å²) in [5, 5.41) is 3.06. The van der Waals surface area contributed by atoms with Crippen LogP contribution < -0.4 is 11.1 Å². The highest BCUT2D eigenvalue weighted by Crippen LogP contribution is 2.26. The first-order valence-corrected chi connectivity index (χ1v) is 8.44. The SMILES string of the molecule is CCCC(=O)NC1CCCN(C(=O)C2CCCC(N)C2)C1.Cl. The molecule has 0 radical (unpaired) electrons. The predicted octanol–water partition coefficient (Wildman–Crippen LogP) is 1.83. The number of nitrogens with one attached hydrogen (secondary N) is 1. The Morgan fingerprint density at radius 2 is 2.00 bits per heavy atom. The first-order chi connectivity index (χ1) is 10.1. The fourth-order valence-electron chi connectivity index (χ4n) is 3.53. The molecule has 1 aliphatic heterocycles. The molecule has 0 spiro atoms. The van der Waals surface area contributed by atoms with Crippen LogP contribution in [-0.4, -0.2) is 41.9 Å². The molecule has 2 amide bonds. The Bertz CT molecular complexity index is 378. The number of nitrogens with zero attached hydrogens (tertiary/aromatic N) is 1. The van der Waals surface area contributed by atoms with E-state index < -0.39 is 0 Å². The molecule has 1 saturated carbocycles. The van der Waals surface area contributed by atoms with E-state index in [1.165, 1.54) is 0 Å². The zero-order valence-corrected chi connectivity index (χ0v) is 14.4. The molecule has 2 fully saturated rings. The highest BCUT2D eigenvalue weighted by atomic mass is 35.5. The van der Waals surface area contributed by atoms with E-state index >= 15 is 0 Å². The van der Waals surface area contributed by atoms with E-state index in [1.807, 2.05) is 11.8 Å². The zero-order chi connectivity index (χ0) is 15.2. The molecule has 1 aliphatic carbocycles. The summed E-state index contributed by atoms with van der Waals surface area (Å²) in [6.45, 7) is 3.49. The summed E-state index contributed by atoms with van der Waals surface area (Å²) in [6, 6.07) is 0.302. The van der Waals surface area contributed by atoms with Crippen molar-refractivity contribution in [2.45, 2.75) is 70.4 Å². The Morgan fingerprint density at radius 1 is 1.23 bits per heavy atom. The van der Waals surface area contributed by atoms with E-state index in [0.717, 1.165) is 51.5 Å². The topological polar surface area (TPSA) is 75.4 Å². The van der Waals surface area contributed by atoms with Crippen LogP contribution in [0.15, 0.2) is 0 Å². The highest BCUT2D eigenvalue weighted by Gasteiger charge is 2.31. The van der Waals surface area contributed by atoms with Crippen molar-refractivity contribution in [1.29, 1.82) is 0 Å². The Balaban J connectivity index is 0.00000242. The largest absolute Gasteiger partial charge is 0.352 e. The van der Waals surface area contributed by atoms with E-state index in [2.05, 4.69) is 5.32 Å². The molecule has 3 atom stereocenters. The minimum atomic E-state index is 0. The molecule has 1 saturated heterocycles. The minimum absolute atomic E-state index is 0. The summed E-state index contributed by atoms with van der Waals surface area (Å²) < 4.78 is 0. The lowest BCUT2D eigenvalue weighted by molar-refractivity contribution is -0.138. The molecule has 0 aromatic rings. The summed E-state index contributed by atoms with van der Waals surface area (Å²) in [4.78, 5) is 26.3. The molecule has 0 bridgehead atoms. The molecule has 1 heterocycles. The van der Waals surface area contributed by atoms with Crippen molar-refractivity contribution < 1.29 is 9.59 Å². The van der Waals surface area contributed by atoms with Crippen molar-refractivity contribution in [2.24, 2.45) is 11.7 Å². The summed E-state index contributed by atoms with van der Waals surface area (Å²) in [5.74, 6) is 0.454. The molecule has 0 aromatic carbocycles. The second-order valence-electron chi connectivity index (χ2n) is 6.56. The van der Waals surface area contributed by atoms with Crippen molar-refractivity contribution >= 4 is 24.2 Å². The summed E-state index contributed by atoms with van der Waals surface area (Å²) in [7, 11) is 0. The number of nitrogens with two attached hydrogens (primary N) is 1. The summed E-state index contributed by atoms with van der Waals surface area (Å²) in [6.07, 6.45) is 7.27. The van der Waals surface area contributed by atoms with Crippen molar-refractivity contribution in [3.8, 4) is 0 Å². The van der Waals surface area contributed by atoms with Crippen LogP contribution in [0.5, 0.6) is 0 Å². The maximum atomic E-state index is 12.6. The van der Waals surface area contributed by atoms with Crippen LogP contribution >= 0.6 is 12.4 Å². The molecular formula is C16H30ClN3O2. The second-order valence-corrected chi connectivity index (χ2v) is 6.56. The number of piperidine rings is 1. The van der Waals surface area contributed by atoms with Gasteiger partial charge in [0.15, 0.2) is 0 Å². The van der Waals surface area contributed by atoms with E-state index in [1.54, 1.807) is 0 Å². The van der Waals surface area contributed by atoms with E-state index in [0.29, 0.717) is 13.0 Å². The number of amides is 2. The number of carbonyl (C=O) groups excluding carboxylic acids is 2. The van der Waals surface area contributed by atoms with Crippen LogP contribution in [0.3, 0.4) is 0 Å². The Kier molecular flexibility index (Phi) is 8.18. The molecule has 5 nitrogen and oxygen atoms in total. The van der Waals surface area contributed by atoms with Crippen molar-refractivity contribution in [3.63, 3.8) is 0 Å². The van der Waals surface area contributed by atoms with E-state index in [4.69, 9.17) is 5.73 Å². The highest BCUT2D eigenvalue weighted by molar-refractivity contribution is 5.85. The standard InChI is InChI=1S/C16H29N3O2.ClH/c1-2-5-15(20)18-14-8-4-9-19(11-14)16(21)12-6-3-7-13(17)10-12;/h12-14H,2-11,17H2,1H3,(H,18,20);1H. The fourth-order valence-corrected chi connectivity index (χ4v) is 3.53. The van der Waals surface area contributed by atoms with Crippen LogP contribution in [0, 0.1) is 5.92 Å². The minimum Gasteiger partial charge on any atom is -0.352 e. The van der Waals surface area contributed by atoms with Gasteiger partial charge in [-0.05, 0) is 38.5 Å². The van der Waals surface area contributed by atoms with Gasteiger partial charge in [0, 0.05) is 37.5 Å². The number of hydrogen-bond acceptors (Lipinski definition) is 3. The quantitative estimate of drug-likeness (QED) is 0.825.